The zero-order chi connectivity index (χ0) is 21.5. The van der Waals surface area contributed by atoms with E-state index in [0.717, 1.165) is 22.6 Å². The van der Waals surface area contributed by atoms with Crippen LogP contribution in [-0.4, -0.2) is 31.5 Å². The Morgan fingerprint density at radius 3 is 2.43 bits per heavy atom. The quantitative estimate of drug-likeness (QED) is 0.377. The van der Waals surface area contributed by atoms with Crippen molar-refractivity contribution in [1.29, 1.82) is 0 Å². The summed E-state index contributed by atoms with van der Waals surface area (Å²) in [5.41, 5.74) is 9.42. The van der Waals surface area contributed by atoms with Gasteiger partial charge in [0.1, 0.15) is 5.75 Å². The second-order valence-corrected chi connectivity index (χ2v) is 7.57. The van der Waals surface area contributed by atoms with E-state index in [9.17, 15) is 9.90 Å². The second kappa shape index (κ2) is 9.98. The Morgan fingerprint density at radius 1 is 1.10 bits per heavy atom. The third kappa shape index (κ3) is 5.21. The third-order valence-corrected chi connectivity index (χ3v) is 5.45. The summed E-state index contributed by atoms with van der Waals surface area (Å²) >= 11 is 1.34. The van der Waals surface area contributed by atoms with Gasteiger partial charge < -0.3 is 9.67 Å². The van der Waals surface area contributed by atoms with Crippen LogP contribution in [0.15, 0.2) is 59.8 Å². The predicted octanol–water partition coefficient (Wildman–Crippen LogP) is 3.75. The van der Waals surface area contributed by atoms with Crippen LogP contribution >= 0.6 is 11.8 Å². The van der Waals surface area contributed by atoms with Crippen LogP contribution in [0.1, 0.15) is 25.0 Å². The van der Waals surface area contributed by atoms with Gasteiger partial charge in [0.05, 0.1) is 11.4 Å². The Balaban J connectivity index is 1.59. The van der Waals surface area contributed by atoms with Crippen molar-refractivity contribution >= 4 is 23.4 Å². The molecule has 0 aliphatic heterocycles. The number of nitrogens with one attached hydrogen (secondary N) is 2. The molecule has 156 valence electrons. The molecule has 0 unspecified atom stereocenters. The molecule has 1 aromatic heterocycles. The van der Waals surface area contributed by atoms with E-state index in [-0.39, 0.29) is 17.4 Å². The van der Waals surface area contributed by atoms with Gasteiger partial charge >= 0.3 is 0 Å². The number of amides is 1. The van der Waals surface area contributed by atoms with E-state index in [1.54, 1.807) is 24.3 Å². The van der Waals surface area contributed by atoms with Gasteiger partial charge in [-0.05, 0) is 50.6 Å². The fourth-order valence-electron chi connectivity index (χ4n) is 2.85. The van der Waals surface area contributed by atoms with Crippen molar-refractivity contribution in [1.82, 2.24) is 25.6 Å². The molecule has 3 N–H and O–H groups in total. The lowest BCUT2D eigenvalue weighted by Gasteiger charge is -2.12. The monoisotopic (exact) mass is 423 g/mol. The van der Waals surface area contributed by atoms with Crippen LogP contribution in [0.2, 0.25) is 0 Å². The molecule has 0 saturated heterocycles. The fourth-order valence-corrected chi connectivity index (χ4v) is 3.65. The van der Waals surface area contributed by atoms with Crippen LogP contribution < -0.4 is 10.9 Å². The number of hydrogen-bond acceptors (Lipinski definition) is 6. The number of aryl methyl sites for hydroxylation is 1. The molecule has 1 amide bonds. The van der Waals surface area contributed by atoms with Crippen LogP contribution in [0.5, 0.6) is 5.75 Å². The number of thioether (sulfide) groups is 1. The van der Waals surface area contributed by atoms with E-state index < -0.39 is 0 Å². The summed E-state index contributed by atoms with van der Waals surface area (Å²) in [6.45, 7) is 6.65. The summed E-state index contributed by atoms with van der Waals surface area (Å²) in [6.07, 6.45) is 1.85. The molecule has 0 atom stereocenters. The van der Waals surface area contributed by atoms with Gasteiger partial charge in [-0.3, -0.25) is 15.6 Å². The van der Waals surface area contributed by atoms with E-state index in [0.29, 0.717) is 11.7 Å². The highest BCUT2D eigenvalue weighted by Crippen LogP contribution is 2.24. The lowest BCUT2D eigenvalue weighted by molar-refractivity contribution is -0.119. The minimum Gasteiger partial charge on any atom is -0.508 e. The number of phenols is 1. The lowest BCUT2D eigenvalue weighted by atomic mass is 10.1. The molecule has 0 fully saturated rings. The first kappa shape index (κ1) is 21.4. The van der Waals surface area contributed by atoms with Gasteiger partial charge in [-0.25, -0.2) is 0 Å². The van der Waals surface area contributed by atoms with Gasteiger partial charge in [-0.2, -0.15) is 0 Å². The number of aromatic hydroxyl groups is 1. The van der Waals surface area contributed by atoms with Crippen LogP contribution in [0.4, 0.5) is 0 Å². The maximum absolute atomic E-state index is 12.3. The molecule has 1 heterocycles. The molecule has 2 aromatic carbocycles. The van der Waals surface area contributed by atoms with Crippen molar-refractivity contribution in [3.05, 3.63) is 65.7 Å². The minimum absolute atomic E-state index is 0.180. The number of aromatic nitrogens is 3. The number of allylic oxidation sites excluding steroid dienone is 1. The fraction of sp³-hybridized carbons (Fsp3) is 0.227. The first-order chi connectivity index (χ1) is 14.5. The summed E-state index contributed by atoms with van der Waals surface area (Å²) in [5.74, 6) is 1.01. The number of hydrogen-bond donors (Lipinski definition) is 3. The van der Waals surface area contributed by atoms with Crippen molar-refractivity contribution < 1.29 is 9.90 Å². The van der Waals surface area contributed by atoms with Gasteiger partial charge in [0, 0.05) is 12.1 Å². The van der Waals surface area contributed by atoms with Gasteiger partial charge in [0.2, 0.25) is 5.91 Å². The molecule has 0 spiro atoms. The maximum Gasteiger partial charge on any atom is 0.248 e. The second-order valence-electron chi connectivity index (χ2n) is 6.63. The Labute approximate surface area is 180 Å². The number of rotatable bonds is 8. The van der Waals surface area contributed by atoms with Gasteiger partial charge in [-0.15, -0.1) is 10.2 Å². The smallest absolute Gasteiger partial charge is 0.248 e. The molecule has 30 heavy (non-hydrogen) atoms. The average Bonchev–Trinajstić information content (AvgIpc) is 3.17. The van der Waals surface area contributed by atoms with E-state index in [1.165, 1.54) is 17.3 Å². The third-order valence-electron chi connectivity index (χ3n) is 4.48. The Bertz CT molecular complexity index is 1030. The number of phenolic OH excluding ortho intramolecular Hbond substituents is 1. The zero-order valence-corrected chi connectivity index (χ0v) is 18.0. The number of benzene rings is 2. The molecule has 0 bridgehead atoms. The van der Waals surface area contributed by atoms with Crippen molar-refractivity contribution in [2.45, 2.75) is 32.5 Å². The standard InChI is InChI=1S/C22H25N5O2S/c1-4-19(16-10-12-18(28)13-11-16)23-24-20(29)14-30-22-26-25-21(27(22)5-2)17-8-6-15(3)7-9-17/h4,6-13,23,28H,5,14H2,1-3H3,(H,24,29)/b19-4+. The molecule has 3 rings (SSSR count). The van der Waals surface area contributed by atoms with Crippen LogP contribution in [0.25, 0.3) is 17.1 Å². The van der Waals surface area contributed by atoms with Gasteiger partial charge in [0.25, 0.3) is 0 Å². The van der Waals surface area contributed by atoms with Crippen molar-refractivity contribution in [3.8, 4) is 17.1 Å². The van der Waals surface area contributed by atoms with Crippen LogP contribution in [-0.2, 0) is 11.3 Å². The van der Waals surface area contributed by atoms with Crippen molar-refractivity contribution in [2.24, 2.45) is 0 Å². The van der Waals surface area contributed by atoms with Crippen LogP contribution in [0.3, 0.4) is 0 Å². The SMILES string of the molecule is C/C=C(/NNC(=O)CSc1nnc(-c2ccc(C)cc2)n1CC)c1ccc(O)cc1. The number of carbonyl (C=O) groups excluding carboxylic acids is 1. The molecule has 0 saturated carbocycles. The first-order valence-electron chi connectivity index (χ1n) is 9.65. The van der Waals surface area contributed by atoms with Crippen molar-refractivity contribution in [3.63, 3.8) is 0 Å². The molecule has 3 aromatic rings. The molecular formula is C22H25N5O2S. The van der Waals surface area contributed by atoms with Gasteiger partial charge in [-0.1, -0.05) is 47.7 Å². The Hall–Kier alpha value is -3.26. The zero-order valence-electron chi connectivity index (χ0n) is 17.2. The molecule has 7 nitrogen and oxygen atoms in total. The highest BCUT2D eigenvalue weighted by molar-refractivity contribution is 7.99. The molecular weight excluding hydrogens is 398 g/mol. The summed E-state index contributed by atoms with van der Waals surface area (Å²) in [4.78, 5) is 12.3. The predicted molar refractivity (Wildman–Crippen MR) is 120 cm³/mol. The average molecular weight is 424 g/mol. The van der Waals surface area contributed by atoms with Crippen molar-refractivity contribution in [2.75, 3.05) is 5.75 Å². The largest absolute Gasteiger partial charge is 0.508 e. The molecule has 0 aliphatic rings. The Morgan fingerprint density at radius 2 is 1.80 bits per heavy atom. The van der Waals surface area contributed by atoms with E-state index in [4.69, 9.17) is 0 Å². The molecule has 8 heteroatoms. The number of nitrogens with zero attached hydrogens (tertiary/aromatic N) is 3. The minimum atomic E-state index is -0.180. The number of carbonyl (C=O) groups is 1. The van der Waals surface area contributed by atoms with E-state index in [2.05, 4.69) is 21.0 Å². The summed E-state index contributed by atoms with van der Waals surface area (Å²) in [5, 5.41) is 18.7. The molecule has 0 aliphatic carbocycles. The lowest BCUT2D eigenvalue weighted by Crippen LogP contribution is -2.37. The first-order valence-corrected chi connectivity index (χ1v) is 10.6. The highest BCUT2D eigenvalue weighted by Gasteiger charge is 2.14. The topological polar surface area (TPSA) is 92.1 Å². The summed E-state index contributed by atoms with van der Waals surface area (Å²) in [7, 11) is 0. The summed E-state index contributed by atoms with van der Waals surface area (Å²) in [6, 6.07) is 14.9. The normalized spacial score (nSPS) is 11.4. The van der Waals surface area contributed by atoms with Crippen LogP contribution in [0, 0.1) is 6.92 Å². The Kier molecular flexibility index (Phi) is 7.13. The van der Waals surface area contributed by atoms with Gasteiger partial charge in [0.15, 0.2) is 11.0 Å². The van der Waals surface area contributed by atoms with E-state index >= 15 is 0 Å². The van der Waals surface area contributed by atoms with E-state index in [1.807, 2.05) is 55.7 Å². The highest BCUT2D eigenvalue weighted by atomic mass is 32.2. The molecule has 0 radical (unpaired) electrons. The summed E-state index contributed by atoms with van der Waals surface area (Å²) < 4.78 is 2.00. The number of hydrazine groups is 1. The maximum atomic E-state index is 12.3.